The van der Waals surface area contributed by atoms with Crippen molar-refractivity contribution in [1.29, 1.82) is 0 Å². The van der Waals surface area contributed by atoms with Crippen molar-refractivity contribution in [1.82, 2.24) is 9.80 Å². The summed E-state index contributed by atoms with van der Waals surface area (Å²) in [5, 5.41) is 8.53. The zero-order valence-electron chi connectivity index (χ0n) is 7.37. The number of hydrogen-bond acceptors (Lipinski definition) is 2. The van der Waals surface area contributed by atoms with Crippen LogP contribution in [-0.2, 0) is 0 Å². The van der Waals surface area contributed by atoms with Crippen molar-refractivity contribution in [2.24, 2.45) is 0 Å². The number of carbonyl (C=O) groups is 1. The summed E-state index contributed by atoms with van der Waals surface area (Å²) in [4.78, 5) is 14.3. The summed E-state index contributed by atoms with van der Waals surface area (Å²) in [6, 6.07) is -0.0541. The van der Waals surface area contributed by atoms with Crippen molar-refractivity contribution >= 4 is 6.03 Å². The minimum Gasteiger partial charge on any atom is -0.395 e. The monoisotopic (exact) mass is 160 g/mol. The molecule has 0 atom stereocenters. The highest BCUT2D eigenvalue weighted by Crippen LogP contribution is 1.91. The van der Waals surface area contributed by atoms with Gasteiger partial charge in [0.25, 0.3) is 0 Å². The lowest BCUT2D eigenvalue weighted by Crippen LogP contribution is -2.39. The van der Waals surface area contributed by atoms with E-state index in [4.69, 9.17) is 5.11 Å². The third-order valence-electron chi connectivity index (χ3n) is 1.56. The van der Waals surface area contributed by atoms with Crippen LogP contribution in [0.3, 0.4) is 0 Å². The number of aliphatic hydroxyl groups is 1. The first-order valence-corrected chi connectivity index (χ1v) is 3.70. The van der Waals surface area contributed by atoms with E-state index in [1.807, 2.05) is 6.92 Å². The largest absolute Gasteiger partial charge is 0.395 e. The Labute approximate surface area is 67.4 Å². The zero-order chi connectivity index (χ0) is 8.85. The van der Waals surface area contributed by atoms with Gasteiger partial charge in [0.15, 0.2) is 0 Å². The van der Waals surface area contributed by atoms with Crippen LogP contribution in [0, 0.1) is 0 Å². The van der Waals surface area contributed by atoms with Crippen LogP contribution in [0.1, 0.15) is 6.92 Å². The number of urea groups is 1. The first kappa shape index (κ1) is 10.2. The molecule has 0 aliphatic heterocycles. The second kappa shape index (κ2) is 4.96. The molecule has 0 spiro atoms. The average molecular weight is 160 g/mol. The minimum absolute atomic E-state index is 0.0137. The Balaban J connectivity index is 3.81. The highest BCUT2D eigenvalue weighted by Gasteiger charge is 2.10. The van der Waals surface area contributed by atoms with Crippen LogP contribution < -0.4 is 0 Å². The third-order valence-corrected chi connectivity index (χ3v) is 1.56. The molecule has 0 bridgehead atoms. The lowest BCUT2D eigenvalue weighted by Gasteiger charge is -2.22. The summed E-state index contributed by atoms with van der Waals surface area (Å²) >= 11 is 0. The lowest BCUT2D eigenvalue weighted by molar-refractivity contribution is 0.162. The summed E-state index contributed by atoms with van der Waals surface area (Å²) in [5.74, 6) is 0. The lowest BCUT2D eigenvalue weighted by atomic mass is 10.5. The summed E-state index contributed by atoms with van der Waals surface area (Å²) in [6.45, 7) is 3.00. The van der Waals surface area contributed by atoms with Crippen molar-refractivity contribution in [2.45, 2.75) is 6.92 Å². The Kier molecular flexibility index (Phi) is 4.61. The van der Waals surface area contributed by atoms with E-state index in [2.05, 4.69) is 0 Å². The number of likely N-dealkylation sites (N-methyl/N-ethyl adjacent to an activating group) is 1. The van der Waals surface area contributed by atoms with Crippen molar-refractivity contribution in [3.63, 3.8) is 0 Å². The van der Waals surface area contributed by atoms with Gasteiger partial charge in [0.2, 0.25) is 0 Å². The van der Waals surface area contributed by atoms with Crippen molar-refractivity contribution < 1.29 is 9.90 Å². The molecule has 0 saturated carbocycles. The van der Waals surface area contributed by atoms with E-state index in [-0.39, 0.29) is 12.6 Å². The first-order chi connectivity index (χ1) is 5.13. The summed E-state index contributed by atoms with van der Waals surface area (Å²) in [6.07, 6.45) is 0. The third kappa shape index (κ3) is 3.23. The minimum atomic E-state index is -0.0541. The fraction of sp³-hybridized carbons (Fsp3) is 0.857. The molecule has 0 unspecified atom stereocenters. The Morgan fingerprint density at radius 3 is 2.27 bits per heavy atom. The number of nitrogens with zero attached hydrogens (tertiary/aromatic N) is 2. The van der Waals surface area contributed by atoms with E-state index < -0.39 is 0 Å². The second-order valence-corrected chi connectivity index (χ2v) is 2.44. The first-order valence-electron chi connectivity index (χ1n) is 3.70. The molecular formula is C7H16N2O2. The molecule has 0 aliphatic carbocycles. The smallest absolute Gasteiger partial charge is 0.319 e. The number of hydrogen-bond donors (Lipinski definition) is 1. The molecule has 0 radical (unpaired) electrons. The standard InChI is InChI=1S/C7H16N2O2/c1-4-8(2)7(11)9(3)5-6-10/h10H,4-6H2,1-3H3. The van der Waals surface area contributed by atoms with E-state index >= 15 is 0 Å². The molecule has 66 valence electrons. The summed E-state index contributed by atoms with van der Waals surface area (Å²) < 4.78 is 0. The second-order valence-electron chi connectivity index (χ2n) is 2.44. The van der Waals surface area contributed by atoms with E-state index in [1.165, 1.54) is 4.90 Å². The van der Waals surface area contributed by atoms with Gasteiger partial charge in [-0.2, -0.15) is 0 Å². The van der Waals surface area contributed by atoms with Crippen LogP contribution in [0.15, 0.2) is 0 Å². The van der Waals surface area contributed by atoms with Gasteiger partial charge in [-0.05, 0) is 6.92 Å². The van der Waals surface area contributed by atoms with Gasteiger partial charge in [-0.15, -0.1) is 0 Å². The van der Waals surface area contributed by atoms with Gasteiger partial charge >= 0.3 is 6.03 Å². The molecule has 0 aromatic heterocycles. The molecule has 0 heterocycles. The molecule has 0 aromatic rings. The van der Waals surface area contributed by atoms with Gasteiger partial charge in [0.1, 0.15) is 0 Å². The van der Waals surface area contributed by atoms with E-state index in [0.717, 1.165) is 0 Å². The van der Waals surface area contributed by atoms with E-state index in [1.54, 1.807) is 19.0 Å². The normalized spacial score (nSPS) is 9.45. The Morgan fingerprint density at radius 2 is 1.91 bits per heavy atom. The molecule has 0 rings (SSSR count). The van der Waals surface area contributed by atoms with Gasteiger partial charge in [-0.1, -0.05) is 0 Å². The molecule has 4 heteroatoms. The molecule has 0 aromatic carbocycles. The maximum atomic E-state index is 11.2. The van der Waals surface area contributed by atoms with Crippen LogP contribution in [0.5, 0.6) is 0 Å². The van der Waals surface area contributed by atoms with Gasteiger partial charge in [-0.25, -0.2) is 4.79 Å². The number of aliphatic hydroxyl groups excluding tert-OH is 1. The Morgan fingerprint density at radius 1 is 1.36 bits per heavy atom. The van der Waals surface area contributed by atoms with Crippen LogP contribution in [0.4, 0.5) is 4.79 Å². The molecule has 0 fully saturated rings. The quantitative estimate of drug-likeness (QED) is 0.630. The van der Waals surface area contributed by atoms with Gasteiger partial charge in [0.05, 0.1) is 6.61 Å². The number of amides is 2. The summed E-state index contributed by atoms with van der Waals surface area (Å²) in [7, 11) is 3.40. The average Bonchev–Trinajstić information content (AvgIpc) is 2.02. The Bertz CT molecular complexity index is 128. The highest BCUT2D eigenvalue weighted by atomic mass is 16.3. The van der Waals surface area contributed by atoms with Crippen molar-refractivity contribution in [3.05, 3.63) is 0 Å². The van der Waals surface area contributed by atoms with Gasteiger partial charge in [0, 0.05) is 27.2 Å². The topological polar surface area (TPSA) is 43.8 Å². The maximum Gasteiger partial charge on any atom is 0.319 e. The molecule has 11 heavy (non-hydrogen) atoms. The van der Waals surface area contributed by atoms with E-state index in [9.17, 15) is 4.79 Å². The van der Waals surface area contributed by atoms with E-state index in [0.29, 0.717) is 13.1 Å². The maximum absolute atomic E-state index is 11.2. The van der Waals surface area contributed by atoms with Gasteiger partial charge in [-0.3, -0.25) is 0 Å². The van der Waals surface area contributed by atoms with Crippen molar-refractivity contribution in [3.8, 4) is 0 Å². The molecule has 0 aliphatic rings. The fourth-order valence-corrected chi connectivity index (χ4v) is 0.672. The SMILES string of the molecule is CCN(C)C(=O)N(C)CCO. The predicted octanol–water partition coefficient (Wildman–Crippen LogP) is -0.0178. The summed E-state index contributed by atoms with van der Waals surface area (Å²) in [5.41, 5.74) is 0. The fourth-order valence-electron chi connectivity index (χ4n) is 0.672. The molecule has 4 nitrogen and oxygen atoms in total. The zero-order valence-corrected chi connectivity index (χ0v) is 7.37. The van der Waals surface area contributed by atoms with Crippen LogP contribution in [-0.4, -0.2) is 54.7 Å². The van der Waals surface area contributed by atoms with Crippen LogP contribution in [0.2, 0.25) is 0 Å². The predicted molar refractivity (Wildman–Crippen MR) is 43.4 cm³/mol. The van der Waals surface area contributed by atoms with Crippen LogP contribution in [0.25, 0.3) is 0 Å². The molecular weight excluding hydrogens is 144 g/mol. The molecule has 1 N–H and O–H groups in total. The Hall–Kier alpha value is -0.770. The van der Waals surface area contributed by atoms with Crippen LogP contribution >= 0.6 is 0 Å². The number of carbonyl (C=O) groups excluding carboxylic acids is 1. The molecule has 0 saturated heterocycles. The highest BCUT2D eigenvalue weighted by molar-refractivity contribution is 5.73. The van der Waals surface area contributed by atoms with Crippen molar-refractivity contribution in [2.75, 3.05) is 33.8 Å². The number of rotatable bonds is 3. The van der Waals surface area contributed by atoms with Gasteiger partial charge < -0.3 is 14.9 Å². The molecule has 2 amide bonds.